The van der Waals surface area contributed by atoms with Gasteiger partial charge >= 0.3 is 0 Å². The van der Waals surface area contributed by atoms with Crippen LogP contribution in [0.1, 0.15) is 34.1 Å². The Morgan fingerprint density at radius 2 is 1.96 bits per heavy atom. The summed E-state index contributed by atoms with van der Waals surface area (Å²) in [5, 5.41) is 4.86. The third-order valence-electron chi connectivity index (χ3n) is 5.40. The van der Waals surface area contributed by atoms with Crippen LogP contribution in [0, 0.1) is 6.92 Å². The zero-order valence-electron chi connectivity index (χ0n) is 15.9. The molecule has 0 saturated heterocycles. The number of nitrogens with one attached hydrogen (secondary N) is 2. The second-order valence-corrected chi connectivity index (χ2v) is 7.40. The molecule has 3 heterocycles. The number of ether oxygens (including phenoxy) is 1. The molecule has 1 aliphatic rings. The fourth-order valence-corrected chi connectivity index (χ4v) is 3.94. The Labute approximate surface area is 164 Å². The van der Waals surface area contributed by atoms with E-state index in [1.165, 1.54) is 27.8 Å². The molecule has 0 bridgehead atoms. The Kier molecular flexibility index (Phi) is 4.34. The zero-order chi connectivity index (χ0) is 18.9. The van der Waals surface area contributed by atoms with Gasteiger partial charge < -0.3 is 15.0 Å². The van der Waals surface area contributed by atoms with Gasteiger partial charge in [-0.15, -0.1) is 0 Å². The van der Waals surface area contributed by atoms with E-state index in [9.17, 15) is 0 Å². The summed E-state index contributed by atoms with van der Waals surface area (Å²) in [6.07, 6.45) is 2.93. The number of pyridine rings is 1. The van der Waals surface area contributed by atoms with Crippen molar-refractivity contribution in [3.05, 3.63) is 94.9 Å². The van der Waals surface area contributed by atoms with Crippen molar-refractivity contribution in [2.45, 2.75) is 26.0 Å². The molecule has 0 spiro atoms. The van der Waals surface area contributed by atoms with Gasteiger partial charge in [-0.1, -0.05) is 36.4 Å². The van der Waals surface area contributed by atoms with Crippen molar-refractivity contribution in [2.75, 3.05) is 6.54 Å². The van der Waals surface area contributed by atoms with E-state index in [4.69, 9.17) is 4.74 Å². The average molecular weight is 369 g/mol. The third kappa shape index (κ3) is 3.16. The lowest BCUT2D eigenvalue weighted by Crippen LogP contribution is -2.31. The summed E-state index contributed by atoms with van der Waals surface area (Å²) in [7, 11) is 0. The molecule has 140 valence electrons. The minimum Gasteiger partial charge on any atom is -0.489 e. The van der Waals surface area contributed by atoms with Crippen LogP contribution in [0.3, 0.4) is 0 Å². The smallest absolute Gasteiger partial charge is 0.120 e. The van der Waals surface area contributed by atoms with Crippen LogP contribution in [0.4, 0.5) is 0 Å². The summed E-state index contributed by atoms with van der Waals surface area (Å²) < 4.78 is 6.04. The molecule has 0 aliphatic carbocycles. The predicted octanol–water partition coefficient (Wildman–Crippen LogP) is 4.69. The van der Waals surface area contributed by atoms with Gasteiger partial charge in [-0.2, -0.15) is 0 Å². The first-order chi connectivity index (χ1) is 13.8. The fourth-order valence-electron chi connectivity index (χ4n) is 3.94. The molecular formula is C24H23N3O. The summed E-state index contributed by atoms with van der Waals surface area (Å²) in [6, 6.07) is 20.9. The maximum Gasteiger partial charge on any atom is 0.120 e. The lowest BCUT2D eigenvalue weighted by atomic mass is 9.97. The van der Waals surface area contributed by atoms with Crippen LogP contribution in [-0.2, 0) is 13.0 Å². The van der Waals surface area contributed by atoms with E-state index in [1.807, 2.05) is 30.5 Å². The fraction of sp³-hybridized carbons (Fsp3) is 0.208. The van der Waals surface area contributed by atoms with Gasteiger partial charge in [-0.05, 0) is 54.3 Å². The number of aromatic amines is 1. The molecule has 1 aliphatic heterocycles. The molecule has 1 unspecified atom stereocenters. The van der Waals surface area contributed by atoms with Crippen LogP contribution in [0.15, 0.2) is 66.9 Å². The first-order valence-electron chi connectivity index (χ1n) is 9.75. The highest BCUT2D eigenvalue weighted by atomic mass is 16.5. The van der Waals surface area contributed by atoms with Crippen molar-refractivity contribution in [1.82, 2.24) is 15.3 Å². The Morgan fingerprint density at radius 3 is 2.79 bits per heavy atom. The van der Waals surface area contributed by atoms with Gasteiger partial charge in [-0.3, -0.25) is 4.98 Å². The molecule has 4 aromatic rings. The van der Waals surface area contributed by atoms with Crippen LogP contribution in [0.5, 0.6) is 5.75 Å². The second-order valence-electron chi connectivity index (χ2n) is 7.40. The first-order valence-corrected chi connectivity index (χ1v) is 9.75. The molecule has 2 aromatic carbocycles. The van der Waals surface area contributed by atoms with Crippen molar-refractivity contribution in [1.29, 1.82) is 0 Å². The average Bonchev–Trinajstić information content (AvgIpc) is 3.12. The highest BCUT2D eigenvalue weighted by molar-refractivity contribution is 5.86. The van der Waals surface area contributed by atoms with Crippen molar-refractivity contribution in [3.8, 4) is 5.75 Å². The second kappa shape index (κ2) is 7.13. The van der Waals surface area contributed by atoms with Crippen LogP contribution < -0.4 is 10.1 Å². The van der Waals surface area contributed by atoms with Crippen LogP contribution in [-0.4, -0.2) is 16.5 Å². The van der Waals surface area contributed by atoms with Crippen molar-refractivity contribution in [2.24, 2.45) is 0 Å². The van der Waals surface area contributed by atoms with Crippen molar-refractivity contribution in [3.63, 3.8) is 0 Å². The molecule has 0 radical (unpaired) electrons. The summed E-state index contributed by atoms with van der Waals surface area (Å²) in [5.74, 6) is 0.904. The number of nitrogens with zero attached hydrogens (tertiary/aromatic N) is 1. The summed E-state index contributed by atoms with van der Waals surface area (Å²) in [6.45, 7) is 3.59. The van der Waals surface area contributed by atoms with E-state index in [0.717, 1.165) is 29.9 Å². The minimum atomic E-state index is 0.102. The molecule has 4 heteroatoms. The molecule has 0 amide bonds. The van der Waals surface area contributed by atoms with E-state index >= 15 is 0 Å². The predicted molar refractivity (Wildman–Crippen MR) is 112 cm³/mol. The maximum absolute atomic E-state index is 6.04. The van der Waals surface area contributed by atoms with E-state index in [-0.39, 0.29) is 6.04 Å². The summed E-state index contributed by atoms with van der Waals surface area (Å²) in [4.78, 5) is 8.27. The molecule has 2 aromatic heterocycles. The quantitative estimate of drug-likeness (QED) is 0.549. The lowest BCUT2D eigenvalue weighted by molar-refractivity contribution is 0.306. The third-order valence-corrected chi connectivity index (χ3v) is 5.40. The number of rotatable bonds is 4. The van der Waals surface area contributed by atoms with Crippen LogP contribution >= 0.6 is 0 Å². The van der Waals surface area contributed by atoms with Gasteiger partial charge in [0, 0.05) is 29.3 Å². The van der Waals surface area contributed by atoms with Gasteiger partial charge in [0.15, 0.2) is 0 Å². The molecule has 0 saturated carbocycles. The Morgan fingerprint density at radius 1 is 1.07 bits per heavy atom. The number of hydrogen-bond acceptors (Lipinski definition) is 3. The first kappa shape index (κ1) is 17.0. The zero-order valence-corrected chi connectivity index (χ0v) is 15.9. The number of aryl methyl sites for hydroxylation is 1. The van der Waals surface area contributed by atoms with Gasteiger partial charge in [0.05, 0.1) is 11.7 Å². The Hall–Kier alpha value is -3.11. The lowest BCUT2D eigenvalue weighted by Gasteiger charge is -2.24. The van der Waals surface area contributed by atoms with Crippen molar-refractivity contribution < 1.29 is 4.74 Å². The van der Waals surface area contributed by atoms with Crippen molar-refractivity contribution >= 4 is 10.9 Å². The number of H-pyrrole nitrogens is 1. The Bertz CT molecular complexity index is 1100. The molecule has 0 fully saturated rings. The molecule has 4 nitrogen and oxygen atoms in total. The van der Waals surface area contributed by atoms with E-state index in [0.29, 0.717) is 6.61 Å². The van der Waals surface area contributed by atoms with Gasteiger partial charge in [0.25, 0.3) is 0 Å². The highest BCUT2D eigenvalue weighted by Gasteiger charge is 2.26. The van der Waals surface area contributed by atoms with Gasteiger partial charge in [0.1, 0.15) is 12.4 Å². The van der Waals surface area contributed by atoms with E-state index in [2.05, 4.69) is 58.6 Å². The maximum atomic E-state index is 6.04. The number of hydrogen-bond donors (Lipinski definition) is 2. The van der Waals surface area contributed by atoms with Gasteiger partial charge in [-0.25, -0.2) is 0 Å². The highest BCUT2D eigenvalue weighted by Crippen LogP contribution is 2.34. The number of aromatic nitrogens is 2. The van der Waals surface area contributed by atoms with Crippen LogP contribution in [0.25, 0.3) is 10.9 Å². The normalized spacial score (nSPS) is 16.1. The standard InChI is InChI=1S/C24H23N3O/c1-16-7-9-22(26-14-16)24-23-19(11-12-25-24)20-13-18(8-10-21(20)27-23)28-15-17-5-3-2-4-6-17/h2-10,13-14,24-25,27H,11-12,15H2,1H3. The number of fused-ring (bicyclic) bond motifs is 3. The van der Waals surface area contributed by atoms with Gasteiger partial charge in [0.2, 0.25) is 0 Å². The summed E-state index contributed by atoms with van der Waals surface area (Å²) in [5.41, 5.74) is 7.14. The molecule has 28 heavy (non-hydrogen) atoms. The number of benzene rings is 2. The largest absolute Gasteiger partial charge is 0.489 e. The molecule has 2 N–H and O–H groups in total. The molecule has 1 atom stereocenters. The Balaban J connectivity index is 1.47. The SMILES string of the molecule is Cc1ccc(C2NCCc3c2[nH]c2ccc(OCc4ccccc4)cc32)nc1. The topological polar surface area (TPSA) is 49.9 Å². The summed E-state index contributed by atoms with van der Waals surface area (Å²) >= 11 is 0. The van der Waals surface area contributed by atoms with E-state index in [1.54, 1.807) is 0 Å². The molecular weight excluding hydrogens is 346 g/mol. The molecule has 5 rings (SSSR count). The van der Waals surface area contributed by atoms with E-state index < -0.39 is 0 Å². The minimum absolute atomic E-state index is 0.102. The monoisotopic (exact) mass is 369 g/mol. The van der Waals surface area contributed by atoms with Crippen LogP contribution in [0.2, 0.25) is 0 Å².